The number of pyridine rings is 1. The van der Waals surface area contributed by atoms with E-state index in [1.807, 2.05) is 6.07 Å². The predicted octanol–water partition coefficient (Wildman–Crippen LogP) is 3.63. The minimum atomic E-state index is 0.607. The standard InChI is InChI=1S/C9H12ClNS/c1-3-7(2)12-9-6-8(10)4-5-11-9/h4-7H,3H2,1-2H3. The van der Waals surface area contributed by atoms with Gasteiger partial charge in [-0.1, -0.05) is 25.4 Å². The smallest absolute Gasteiger partial charge is 0.0977 e. The largest absolute Gasteiger partial charge is 0.250 e. The van der Waals surface area contributed by atoms with Crippen LogP contribution in [0.1, 0.15) is 20.3 Å². The fourth-order valence-electron chi connectivity index (χ4n) is 0.739. The number of hydrogen-bond donors (Lipinski definition) is 0. The second-order valence-electron chi connectivity index (χ2n) is 2.65. The second kappa shape index (κ2) is 4.73. The maximum Gasteiger partial charge on any atom is 0.0977 e. The van der Waals surface area contributed by atoms with E-state index in [0.29, 0.717) is 5.25 Å². The van der Waals surface area contributed by atoms with E-state index in [2.05, 4.69) is 18.8 Å². The van der Waals surface area contributed by atoms with E-state index in [9.17, 15) is 0 Å². The molecule has 0 N–H and O–H groups in total. The van der Waals surface area contributed by atoms with Gasteiger partial charge < -0.3 is 0 Å². The van der Waals surface area contributed by atoms with Crippen LogP contribution in [-0.4, -0.2) is 10.2 Å². The first-order valence-electron chi connectivity index (χ1n) is 4.00. The third-order valence-electron chi connectivity index (χ3n) is 1.59. The molecule has 1 nitrogen and oxygen atoms in total. The van der Waals surface area contributed by atoms with Crippen LogP contribution in [0.2, 0.25) is 5.02 Å². The molecule has 0 aliphatic heterocycles. The molecule has 1 atom stereocenters. The molecule has 1 aromatic heterocycles. The Morgan fingerprint density at radius 3 is 3.00 bits per heavy atom. The zero-order chi connectivity index (χ0) is 8.97. The lowest BCUT2D eigenvalue weighted by Crippen LogP contribution is -1.92. The van der Waals surface area contributed by atoms with Crippen LogP contribution in [0.25, 0.3) is 0 Å². The Morgan fingerprint density at radius 2 is 2.42 bits per heavy atom. The summed E-state index contributed by atoms with van der Waals surface area (Å²) in [5.74, 6) is 0. The molecule has 1 heterocycles. The van der Waals surface area contributed by atoms with E-state index < -0.39 is 0 Å². The highest BCUT2D eigenvalue weighted by molar-refractivity contribution is 7.99. The highest BCUT2D eigenvalue weighted by Gasteiger charge is 2.02. The summed E-state index contributed by atoms with van der Waals surface area (Å²) in [4.78, 5) is 4.21. The molecule has 1 aromatic rings. The van der Waals surface area contributed by atoms with Gasteiger partial charge in [-0.3, -0.25) is 0 Å². The molecule has 0 radical (unpaired) electrons. The van der Waals surface area contributed by atoms with Crippen LogP contribution in [0.5, 0.6) is 0 Å². The normalized spacial score (nSPS) is 12.9. The van der Waals surface area contributed by atoms with Gasteiger partial charge in [0, 0.05) is 16.5 Å². The summed E-state index contributed by atoms with van der Waals surface area (Å²) in [5.41, 5.74) is 0. The number of nitrogens with zero attached hydrogens (tertiary/aromatic N) is 1. The Kier molecular flexibility index (Phi) is 3.89. The Hall–Kier alpha value is -0.210. The SMILES string of the molecule is CCC(C)Sc1cc(Cl)ccn1. The zero-order valence-corrected chi connectivity index (χ0v) is 8.82. The topological polar surface area (TPSA) is 12.9 Å². The first-order valence-corrected chi connectivity index (χ1v) is 5.26. The first kappa shape index (κ1) is 9.87. The second-order valence-corrected chi connectivity index (χ2v) is 4.54. The number of hydrogen-bond acceptors (Lipinski definition) is 2. The minimum absolute atomic E-state index is 0.607. The molecule has 66 valence electrons. The molecular weight excluding hydrogens is 190 g/mol. The van der Waals surface area contributed by atoms with Crippen molar-refractivity contribution >= 4 is 23.4 Å². The molecule has 0 spiro atoms. The Morgan fingerprint density at radius 1 is 1.67 bits per heavy atom. The molecule has 3 heteroatoms. The lowest BCUT2D eigenvalue weighted by atomic mass is 10.4. The Bertz CT molecular complexity index is 252. The van der Waals surface area contributed by atoms with Crippen LogP contribution in [0.15, 0.2) is 23.4 Å². The van der Waals surface area contributed by atoms with Crippen LogP contribution < -0.4 is 0 Å². The fraction of sp³-hybridized carbons (Fsp3) is 0.444. The van der Waals surface area contributed by atoms with Crippen molar-refractivity contribution < 1.29 is 0 Å². The molecule has 0 amide bonds. The van der Waals surface area contributed by atoms with Gasteiger partial charge in [0.1, 0.15) is 0 Å². The molecular formula is C9H12ClNS. The lowest BCUT2D eigenvalue weighted by molar-refractivity contribution is 0.901. The summed E-state index contributed by atoms with van der Waals surface area (Å²) < 4.78 is 0. The summed E-state index contributed by atoms with van der Waals surface area (Å²) in [6.45, 7) is 4.36. The van der Waals surface area contributed by atoms with Gasteiger partial charge in [0.05, 0.1) is 5.03 Å². The average molecular weight is 202 g/mol. The maximum absolute atomic E-state index is 5.82. The maximum atomic E-state index is 5.82. The van der Waals surface area contributed by atoms with Gasteiger partial charge >= 0.3 is 0 Å². The van der Waals surface area contributed by atoms with Gasteiger partial charge in [0.2, 0.25) is 0 Å². The van der Waals surface area contributed by atoms with Crippen molar-refractivity contribution in [3.05, 3.63) is 23.4 Å². The summed E-state index contributed by atoms with van der Waals surface area (Å²) in [6, 6.07) is 3.70. The van der Waals surface area contributed by atoms with E-state index >= 15 is 0 Å². The van der Waals surface area contributed by atoms with Crippen molar-refractivity contribution in [2.24, 2.45) is 0 Å². The van der Waals surface area contributed by atoms with Crippen molar-refractivity contribution in [3.8, 4) is 0 Å². The molecule has 0 aromatic carbocycles. The Balaban J connectivity index is 2.63. The Labute approximate surface area is 82.5 Å². The van der Waals surface area contributed by atoms with E-state index in [1.165, 1.54) is 0 Å². The summed E-state index contributed by atoms with van der Waals surface area (Å²) in [7, 11) is 0. The fourth-order valence-corrected chi connectivity index (χ4v) is 1.86. The number of thioether (sulfide) groups is 1. The zero-order valence-electron chi connectivity index (χ0n) is 7.25. The van der Waals surface area contributed by atoms with Crippen LogP contribution in [0, 0.1) is 0 Å². The van der Waals surface area contributed by atoms with E-state index in [1.54, 1.807) is 24.0 Å². The molecule has 0 saturated carbocycles. The lowest BCUT2D eigenvalue weighted by Gasteiger charge is -2.06. The number of rotatable bonds is 3. The van der Waals surface area contributed by atoms with Crippen LogP contribution in [-0.2, 0) is 0 Å². The van der Waals surface area contributed by atoms with Gasteiger partial charge in [-0.25, -0.2) is 4.98 Å². The van der Waals surface area contributed by atoms with Crippen molar-refractivity contribution in [2.75, 3.05) is 0 Å². The van der Waals surface area contributed by atoms with Gasteiger partial charge in [0.25, 0.3) is 0 Å². The average Bonchev–Trinajstić information content (AvgIpc) is 2.04. The predicted molar refractivity (Wildman–Crippen MR) is 54.9 cm³/mol. The molecule has 0 fully saturated rings. The van der Waals surface area contributed by atoms with Crippen molar-refractivity contribution in [3.63, 3.8) is 0 Å². The van der Waals surface area contributed by atoms with E-state index in [-0.39, 0.29) is 0 Å². The molecule has 12 heavy (non-hydrogen) atoms. The minimum Gasteiger partial charge on any atom is -0.250 e. The van der Waals surface area contributed by atoms with Gasteiger partial charge in [-0.05, 0) is 18.6 Å². The quantitative estimate of drug-likeness (QED) is 0.693. The molecule has 1 unspecified atom stereocenters. The van der Waals surface area contributed by atoms with Gasteiger partial charge in [-0.15, -0.1) is 11.8 Å². The molecule has 1 rings (SSSR count). The highest BCUT2D eigenvalue weighted by Crippen LogP contribution is 2.24. The number of aromatic nitrogens is 1. The van der Waals surface area contributed by atoms with Gasteiger partial charge in [0.15, 0.2) is 0 Å². The summed E-state index contributed by atoms with van der Waals surface area (Å²) in [6.07, 6.45) is 2.89. The monoisotopic (exact) mass is 201 g/mol. The molecule has 0 saturated heterocycles. The molecule has 0 bridgehead atoms. The van der Waals surface area contributed by atoms with Gasteiger partial charge in [-0.2, -0.15) is 0 Å². The third kappa shape index (κ3) is 3.03. The van der Waals surface area contributed by atoms with Crippen molar-refractivity contribution in [1.29, 1.82) is 0 Å². The molecule has 0 aliphatic rings. The summed E-state index contributed by atoms with van der Waals surface area (Å²) in [5, 5.41) is 2.38. The highest BCUT2D eigenvalue weighted by atomic mass is 35.5. The third-order valence-corrected chi connectivity index (χ3v) is 3.03. The van der Waals surface area contributed by atoms with Crippen LogP contribution in [0.3, 0.4) is 0 Å². The van der Waals surface area contributed by atoms with E-state index in [0.717, 1.165) is 16.5 Å². The van der Waals surface area contributed by atoms with Crippen LogP contribution in [0.4, 0.5) is 0 Å². The summed E-state index contributed by atoms with van der Waals surface area (Å²) >= 11 is 7.58. The van der Waals surface area contributed by atoms with Crippen LogP contribution >= 0.6 is 23.4 Å². The number of halogens is 1. The first-order chi connectivity index (χ1) is 5.72. The van der Waals surface area contributed by atoms with Crippen molar-refractivity contribution in [1.82, 2.24) is 4.98 Å². The van der Waals surface area contributed by atoms with Crippen molar-refractivity contribution in [2.45, 2.75) is 30.5 Å². The molecule has 0 aliphatic carbocycles. The van der Waals surface area contributed by atoms with E-state index in [4.69, 9.17) is 11.6 Å².